The van der Waals surface area contributed by atoms with Crippen molar-refractivity contribution in [3.05, 3.63) is 67.3 Å². The Morgan fingerprint density at radius 3 is 2.44 bits per heavy atom. The van der Waals surface area contributed by atoms with Crippen LogP contribution in [0.5, 0.6) is 11.5 Å². The van der Waals surface area contributed by atoms with Crippen molar-refractivity contribution in [2.45, 2.75) is 99.9 Å². The van der Waals surface area contributed by atoms with Crippen LogP contribution in [-0.2, 0) is 43.5 Å². The molecule has 62 heavy (non-hydrogen) atoms. The normalized spacial score (nSPS) is 23.5. The molecule has 7 rings (SSSR count). The Morgan fingerprint density at radius 2 is 1.82 bits per heavy atom. The minimum absolute atomic E-state index is 0.000927. The van der Waals surface area contributed by atoms with Gasteiger partial charge in [0.25, 0.3) is 5.91 Å². The topological polar surface area (TPSA) is 238 Å². The molecule has 4 fully saturated rings. The van der Waals surface area contributed by atoms with Gasteiger partial charge in [-0.05, 0) is 58.6 Å². The molecule has 18 nitrogen and oxygen atoms in total. The van der Waals surface area contributed by atoms with Crippen molar-refractivity contribution in [1.29, 1.82) is 0 Å². The third-order valence-corrected chi connectivity index (χ3v) is 12.9. The largest absolute Gasteiger partial charge is 0.497 e. The number of rotatable bonds is 16. The maximum Gasteiger partial charge on any atom is 0.408 e. The van der Waals surface area contributed by atoms with Gasteiger partial charge in [-0.2, -0.15) is 0 Å². The van der Waals surface area contributed by atoms with Crippen molar-refractivity contribution in [2.75, 3.05) is 20.3 Å². The minimum Gasteiger partial charge on any atom is -0.497 e. The van der Waals surface area contributed by atoms with Gasteiger partial charge < -0.3 is 39.8 Å². The molecule has 2 aromatic carbocycles. The second kappa shape index (κ2) is 17.3. The molecule has 1 aromatic heterocycles. The van der Waals surface area contributed by atoms with Gasteiger partial charge in [0.05, 0.1) is 30.1 Å². The lowest BCUT2D eigenvalue weighted by molar-refractivity contribution is -0.164. The maximum atomic E-state index is 14.8. The second-order valence-electron chi connectivity index (χ2n) is 16.9. The summed E-state index contributed by atoms with van der Waals surface area (Å²) in [6.45, 7) is 8.48. The number of esters is 1. The van der Waals surface area contributed by atoms with E-state index in [9.17, 15) is 37.2 Å². The number of hydrogen-bond donors (Lipinski definition) is 4. The Bertz CT molecular complexity index is 2400. The van der Waals surface area contributed by atoms with Crippen LogP contribution in [0.3, 0.4) is 0 Å². The lowest BCUT2D eigenvalue weighted by Gasteiger charge is -2.30. The molecule has 2 aliphatic carbocycles. The number of nitrogens with zero attached hydrogens (tertiary/aromatic N) is 2. The first-order valence-electron chi connectivity index (χ1n) is 20.4. The van der Waals surface area contributed by atoms with E-state index < -0.39 is 92.3 Å². The number of carbonyl (C=O) groups is 6. The number of hydrogen-bond acceptors (Lipinski definition) is 13. The van der Waals surface area contributed by atoms with Crippen LogP contribution in [-0.4, -0.2) is 115 Å². The van der Waals surface area contributed by atoms with E-state index in [1.807, 2.05) is 30.3 Å². The van der Waals surface area contributed by atoms with E-state index in [0.29, 0.717) is 40.9 Å². The molecule has 5 amide bonds. The highest BCUT2D eigenvalue weighted by atomic mass is 32.2. The summed E-state index contributed by atoms with van der Waals surface area (Å²) in [6.07, 6.45) is -0.140. The van der Waals surface area contributed by atoms with Crippen molar-refractivity contribution in [2.24, 2.45) is 5.92 Å². The van der Waals surface area contributed by atoms with Crippen LogP contribution in [0.2, 0.25) is 0 Å². The third kappa shape index (κ3) is 9.77. The number of amides is 5. The Balaban J connectivity index is 1.20. The van der Waals surface area contributed by atoms with Crippen molar-refractivity contribution < 1.29 is 56.1 Å². The summed E-state index contributed by atoms with van der Waals surface area (Å²) in [4.78, 5) is 86.8. The minimum atomic E-state index is -3.98. The van der Waals surface area contributed by atoms with E-state index in [-0.39, 0.29) is 38.8 Å². The monoisotopic (exact) mass is 874 g/mol. The fraction of sp³-hybridized carbons (Fsp3) is 0.465. The zero-order valence-electron chi connectivity index (χ0n) is 34.8. The molecule has 0 spiro atoms. The highest BCUT2D eigenvalue weighted by Crippen LogP contribution is 2.45. The van der Waals surface area contributed by atoms with Gasteiger partial charge in [-0.1, -0.05) is 36.4 Å². The Labute approximate surface area is 358 Å². The van der Waals surface area contributed by atoms with Crippen LogP contribution < -0.4 is 30.1 Å². The fourth-order valence-corrected chi connectivity index (χ4v) is 8.88. The molecule has 3 heterocycles. The molecule has 0 radical (unpaired) electrons. The number of nitrogens with one attached hydrogen (secondary N) is 4. The van der Waals surface area contributed by atoms with Crippen molar-refractivity contribution in [3.63, 3.8) is 0 Å². The first-order valence-corrected chi connectivity index (χ1v) is 21.9. The van der Waals surface area contributed by atoms with Gasteiger partial charge in [0, 0.05) is 41.8 Å². The van der Waals surface area contributed by atoms with Crippen LogP contribution in [0.25, 0.3) is 22.2 Å². The van der Waals surface area contributed by atoms with Crippen molar-refractivity contribution in [3.8, 4) is 22.8 Å². The molecule has 2 saturated carbocycles. The number of pyridine rings is 1. The number of sulfonamides is 1. The van der Waals surface area contributed by atoms with Crippen LogP contribution >= 0.6 is 0 Å². The lowest BCUT2D eigenvalue weighted by Crippen LogP contribution is -2.58. The standard InChI is InChI=1S/C43H50N6O12S/c1-6-25-21-43(25,40(54)48-62(56,57)28-13-14-28)47-37(51)34-19-27(60-35-20-31(24-10-8-7-9-11-24)44-32-18-26(58-5)12-15-29(32)35)22-49(34)38(52)30(46-41(55)61-42(2,3)4)16-17-36(50)45-33-23-59-39(33)53/h6-12,15,18,20,25,27-28,30,33-34H,1,13-14,16-17,19,21-23H2,2-5H3,(H,45,50)(H,46,55)(H,47,51)(H,48,54)/t25-,27-,30+,33+,34+,43-/m1/s1. The summed E-state index contributed by atoms with van der Waals surface area (Å²) in [5.41, 5.74) is -0.693. The Hall–Kier alpha value is -6.24. The number of likely N-dealkylation sites (tertiary alicyclic amines) is 1. The average molecular weight is 875 g/mol. The van der Waals surface area contributed by atoms with Gasteiger partial charge in [-0.15, -0.1) is 6.58 Å². The van der Waals surface area contributed by atoms with E-state index in [0.717, 1.165) is 5.56 Å². The molecule has 6 atom stereocenters. The van der Waals surface area contributed by atoms with Crippen molar-refractivity contribution >= 4 is 56.6 Å². The Morgan fingerprint density at radius 1 is 1.08 bits per heavy atom. The number of ether oxygens (including phenoxy) is 4. The van der Waals surface area contributed by atoms with Crippen LogP contribution in [0.1, 0.15) is 59.3 Å². The van der Waals surface area contributed by atoms with E-state index in [4.69, 9.17) is 23.9 Å². The SMILES string of the molecule is C=C[C@@H]1C[C@]1(NC(=O)[C@@H]1C[C@@H](Oc2cc(-c3ccccc3)nc3cc(OC)ccc23)CN1C(=O)[C@H](CCC(=O)N[C@H]1COC1=O)NC(=O)OC(C)(C)C)C(=O)NS(=O)(=O)C1CC1. The molecule has 4 N–H and O–H groups in total. The number of aromatic nitrogens is 1. The summed E-state index contributed by atoms with van der Waals surface area (Å²) in [6, 6.07) is 12.9. The number of methoxy groups -OCH3 is 1. The van der Waals surface area contributed by atoms with Crippen LogP contribution in [0.4, 0.5) is 4.79 Å². The first kappa shape index (κ1) is 43.8. The first-order chi connectivity index (χ1) is 29.4. The highest BCUT2D eigenvalue weighted by Gasteiger charge is 2.62. The fourth-order valence-electron chi connectivity index (χ4n) is 7.52. The summed E-state index contributed by atoms with van der Waals surface area (Å²) in [7, 11) is -2.44. The van der Waals surface area contributed by atoms with Gasteiger partial charge >= 0.3 is 12.1 Å². The third-order valence-electron chi connectivity index (χ3n) is 11.1. The predicted octanol–water partition coefficient (Wildman–Crippen LogP) is 2.64. The van der Waals surface area contributed by atoms with Crippen LogP contribution in [0, 0.1) is 5.92 Å². The van der Waals surface area contributed by atoms with Gasteiger partial charge in [0.1, 0.15) is 47.4 Å². The van der Waals surface area contributed by atoms with Gasteiger partial charge in [-0.3, -0.25) is 23.9 Å². The zero-order valence-corrected chi connectivity index (χ0v) is 35.6. The summed E-state index contributed by atoms with van der Waals surface area (Å²) < 4.78 is 50.1. The number of cyclic esters (lactones) is 1. The number of fused-ring (bicyclic) bond motifs is 1. The lowest BCUT2D eigenvalue weighted by atomic mass is 10.1. The number of carbonyl (C=O) groups excluding carboxylic acids is 6. The maximum absolute atomic E-state index is 14.8. The van der Waals surface area contributed by atoms with E-state index in [1.165, 1.54) is 18.1 Å². The summed E-state index contributed by atoms with van der Waals surface area (Å²) in [5, 5.41) is 7.75. The zero-order chi connectivity index (χ0) is 44.6. The van der Waals surface area contributed by atoms with Crippen molar-refractivity contribution in [1.82, 2.24) is 30.6 Å². The van der Waals surface area contributed by atoms with E-state index in [2.05, 4.69) is 27.3 Å². The molecule has 2 saturated heterocycles. The average Bonchev–Trinajstić information content (AvgIpc) is 4.16. The molecule has 0 unspecified atom stereocenters. The van der Waals surface area contributed by atoms with Crippen LogP contribution in [0.15, 0.2) is 67.3 Å². The quantitative estimate of drug-likeness (QED) is 0.120. The molecule has 3 aromatic rings. The molecule has 4 aliphatic rings. The van der Waals surface area contributed by atoms with Gasteiger partial charge in [-0.25, -0.2) is 23.0 Å². The van der Waals surface area contributed by atoms with Gasteiger partial charge in [0.15, 0.2) is 6.04 Å². The van der Waals surface area contributed by atoms with E-state index >= 15 is 0 Å². The molecular formula is C43H50N6O12S. The highest BCUT2D eigenvalue weighted by molar-refractivity contribution is 7.91. The summed E-state index contributed by atoms with van der Waals surface area (Å²) >= 11 is 0. The smallest absolute Gasteiger partial charge is 0.408 e. The summed E-state index contributed by atoms with van der Waals surface area (Å²) in [5.74, 6) is -3.30. The molecular weight excluding hydrogens is 825 g/mol. The molecule has 0 bridgehead atoms. The number of benzene rings is 2. The predicted molar refractivity (Wildman–Crippen MR) is 223 cm³/mol. The van der Waals surface area contributed by atoms with Gasteiger partial charge in [0.2, 0.25) is 27.7 Å². The molecule has 19 heteroatoms. The number of alkyl carbamates (subject to hydrolysis) is 1. The molecule has 330 valence electrons. The van der Waals surface area contributed by atoms with E-state index in [1.54, 1.807) is 45.0 Å². The molecule has 2 aliphatic heterocycles. The second-order valence-corrected chi connectivity index (χ2v) is 18.9. The Kier molecular flexibility index (Phi) is 12.2.